The van der Waals surface area contributed by atoms with Crippen LogP contribution in [0.2, 0.25) is 0 Å². The van der Waals surface area contributed by atoms with Crippen LogP contribution in [0.25, 0.3) is 0 Å². The first-order valence-corrected chi connectivity index (χ1v) is 8.38. The van der Waals surface area contributed by atoms with Gasteiger partial charge in [0.25, 0.3) is 0 Å². The number of aliphatic hydroxyl groups excluding tert-OH is 1. The zero-order valence-electron chi connectivity index (χ0n) is 12.8. The maximum absolute atomic E-state index is 12.3. The summed E-state index contributed by atoms with van der Waals surface area (Å²) in [7, 11) is -3.78. The lowest BCUT2D eigenvalue weighted by atomic mass is 10.2. The number of rotatable bonds is 8. The standard InChI is InChI=1S/C14H23NO5S/c1-5-19-12-8-14(13(20-6-2)7-10(12)3)21(17,18)15-9-11(4)16/h7-8,11,15-16H,5-6,9H2,1-4H3/t11-/m1/s1. The summed E-state index contributed by atoms with van der Waals surface area (Å²) in [4.78, 5) is 0.0130. The highest BCUT2D eigenvalue weighted by atomic mass is 32.2. The van der Waals surface area contributed by atoms with Crippen LogP contribution in [0.3, 0.4) is 0 Å². The number of sulfonamides is 1. The van der Waals surface area contributed by atoms with Gasteiger partial charge in [-0.05, 0) is 39.3 Å². The van der Waals surface area contributed by atoms with E-state index in [4.69, 9.17) is 9.47 Å². The highest BCUT2D eigenvalue weighted by molar-refractivity contribution is 7.89. The van der Waals surface area contributed by atoms with Gasteiger partial charge in [0.1, 0.15) is 16.4 Å². The average Bonchev–Trinajstić information content (AvgIpc) is 2.40. The van der Waals surface area contributed by atoms with Gasteiger partial charge in [-0.3, -0.25) is 0 Å². The van der Waals surface area contributed by atoms with E-state index < -0.39 is 16.1 Å². The third kappa shape index (κ3) is 4.87. The molecule has 0 aliphatic heterocycles. The Kier molecular flexibility index (Phi) is 6.44. The van der Waals surface area contributed by atoms with Crippen molar-refractivity contribution in [3.63, 3.8) is 0 Å². The Bertz CT molecular complexity index is 569. The third-order valence-electron chi connectivity index (χ3n) is 2.70. The maximum Gasteiger partial charge on any atom is 0.244 e. The molecular formula is C14H23NO5S. The van der Waals surface area contributed by atoms with Crippen molar-refractivity contribution in [3.05, 3.63) is 17.7 Å². The molecule has 0 saturated heterocycles. The lowest BCUT2D eigenvalue weighted by Crippen LogP contribution is -2.31. The summed E-state index contributed by atoms with van der Waals surface area (Å²) in [5.41, 5.74) is 0.801. The maximum atomic E-state index is 12.3. The molecule has 0 bridgehead atoms. The topological polar surface area (TPSA) is 84.9 Å². The van der Waals surface area contributed by atoms with Crippen molar-refractivity contribution in [2.24, 2.45) is 0 Å². The molecule has 1 aromatic carbocycles. The summed E-state index contributed by atoms with van der Waals surface area (Å²) >= 11 is 0. The zero-order valence-corrected chi connectivity index (χ0v) is 13.7. The van der Waals surface area contributed by atoms with E-state index in [0.29, 0.717) is 19.0 Å². The molecule has 0 unspecified atom stereocenters. The second-order valence-electron chi connectivity index (χ2n) is 4.63. The molecule has 6 nitrogen and oxygen atoms in total. The number of aliphatic hydroxyl groups is 1. The highest BCUT2D eigenvalue weighted by Gasteiger charge is 2.22. The van der Waals surface area contributed by atoms with E-state index in [1.54, 1.807) is 13.0 Å². The molecule has 0 radical (unpaired) electrons. The summed E-state index contributed by atoms with van der Waals surface area (Å²) in [6.45, 7) is 7.68. The van der Waals surface area contributed by atoms with E-state index in [-0.39, 0.29) is 17.2 Å². The van der Waals surface area contributed by atoms with Crippen LogP contribution in [0.15, 0.2) is 17.0 Å². The molecule has 0 saturated carbocycles. The molecule has 0 fully saturated rings. The van der Waals surface area contributed by atoms with Crippen molar-refractivity contribution in [1.29, 1.82) is 0 Å². The fraction of sp³-hybridized carbons (Fsp3) is 0.571. The van der Waals surface area contributed by atoms with Gasteiger partial charge in [-0.1, -0.05) is 0 Å². The predicted octanol–water partition coefficient (Wildman–Crippen LogP) is 1.45. The molecule has 1 rings (SSSR count). The fourth-order valence-corrected chi connectivity index (χ4v) is 3.00. The summed E-state index contributed by atoms with van der Waals surface area (Å²) in [5, 5.41) is 9.24. The highest BCUT2D eigenvalue weighted by Crippen LogP contribution is 2.32. The van der Waals surface area contributed by atoms with Crippen molar-refractivity contribution < 1.29 is 23.0 Å². The predicted molar refractivity (Wildman–Crippen MR) is 80.4 cm³/mol. The Morgan fingerprint density at radius 3 is 2.29 bits per heavy atom. The summed E-state index contributed by atoms with van der Waals surface area (Å²) in [5.74, 6) is 0.773. The van der Waals surface area contributed by atoms with Gasteiger partial charge in [-0.25, -0.2) is 13.1 Å². The van der Waals surface area contributed by atoms with E-state index in [0.717, 1.165) is 5.56 Å². The van der Waals surface area contributed by atoms with E-state index in [1.165, 1.54) is 13.0 Å². The van der Waals surface area contributed by atoms with Crippen LogP contribution in [0.1, 0.15) is 26.3 Å². The minimum atomic E-state index is -3.78. The van der Waals surface area contributed by atoms with E-state index >= 15 is 0 Å². The van der Waals surface area contributed by atoms with Crippen LogP contribution in [-0.2, 0) is 10.0 Å². The third-order valence-corrected chi connectivity index (χ3v) is 4.14. The zero-order chi connectivity index (χ0) is 16.0. The van der Waals surface area contributed by atoms with Crippen LogP contribution in [0.5, 0.6) is 11.5 Å². The second-order valence-corrected chi connectivity index (χ2v) is 6.37. The number of aryl methyl sites for hydroxylation is 1. The van der Waals surface area contributed by atoms with E-state index in [9.17, 15) is 13.5 Å². The van der Waals surface area contributed by atoms with Crippen LogP contribution in [0, 0.1) is 6.92 Å². The Labute approximate surface area is 126 Å². The molecule has 0 heterocycles. The van der Waals surface area contributed by atoms with E-state index in [1.807, 2.05) is 13.8 Å². The van der Waals surface area contributed by atoms with Crippen molar-refractivity contribution in [2.45, 2.75) is 38.7 Å². The van der Waals surface area contributed by atoms with Crippen molar-refractivity contribution in [2.75, 3.05) is 19.8 Å². The number of benzene rings is 1. The second kappa shape index (κ2) is 7.63. The normalized spacial score (nSPS) is 13.0. The summed E-state index contributed by atoms with van der Waals surface area (Å²) < 4.78 is 37.9. The largest absolute Gasteiger partial charge is 0.494 e. The SMILES string of the molecule is CCOc1cc(S(=O)(=O)NC[C@@H](C)O)c(OCC)cc1C. The smallest absolute Gasteiger partial charge is 0.244 e. The van der Waals surface area contributed by atoms with Gasteiger partial charge in [0, 0.05) is 12.6 Å². The number of ether oxygens (including phenoxy) is 2. The quantitative estimate of drug-likeness (QED) is 0.758. The van der Waals surface area contributed by atoms with Gasteiger partial charge in [0.05, 0.1) is 19.3 Å². The van der Waals surface area contributed by atoms with Gasteiger partial charge in [-0.2, -0.15) is 0 Å². The van der Waals surface area contributed by atoms with Gasteiger partial charge < -0.3 is 14.6 Å². The molecule has 21 heavy (non-hydrogen) atoms. The lowest BCUT2D eigenvalue weighted by Gasteiger charge is -2.16. The number of hydrogen-bond donors (Lipinski definition) is 2. The molecule has 7 heteroatoms. The molecular weight excluding hydrogens is 294 g/mol. The number of nitrogens with one attached hydrogen (secondary N) is 1. The summed E-state index contributed by atoms with van der Waals surface area (Å²) in [6, 6.07) is 3.10. The van der Waals surface area contributed by atoms with Crippen molar-refractivity contribution >= 4 is 10.0 Å². The van der Waals surface area contributed by atoms with Gasteiger partial charge in [0.2, 0.25) is 10.0 Å². The molecule has 0 aliphatic carbocycles. The van der Waals surface area contributed by atoms with Crippen LogP contribution in [-0.4, -0.2) is 39.4 Å². The molecule has 0 spiro atoms. The molecule has 1 aromatic rings. The van der Waals surface area contributed by atoms with Crippen LogP contribution < -0.4 is 14.2 Å². The van der Waals surface area contributed by atoms with Crippen molar-refractivity contribution in [3.8, 4) is 11.5 Å². The fourth-order valence-electron chi connectivity index (χ4n) is 1.74. The molecule has 2 N–H and O–H groups in total. The molecule has 0 aromatic heterocycles. The number of hydrogen-bond acceptors (Lipinski definition) is 5. The molecule has 0 aliphatic rings. The van der Waals surface area contributed by atoms with E-state index in [2.05, 4.69) is 4.72 Å². The van der Waals surface area contributed by atoms with Gasteiger partial charge in [-0.15, -0.1) is 0 Å². The Morgan fingerprint density at radius 1 is 1.19 bits per heavy atom. The van der Waals surface area contributed by atoms with Crippen LogP contribution >= 0.6 is 0 Å². The monoisotopic (exact) mass is 317 g/mol. The summed E-state index contributed by atoms with van der Waals surface area (Å²) in [6.07, 6.45) is -0.771. The lowest BCUT2D eigenvalue weighted by molar-refractivity contribution is 0.198. The Morgan fingerprint density at radius 2 is 1.76 bits per heavy atom. The first kappa shape index (κ1) is 17.7. The molecule has 0 amide bonds. The first-order chi connectivity index (χ1) is 9.81. The minimum Gasteiger partial charge on any atom is -0.494 e. The van der Waals surface area contributed by atoms with Crippen LogP contribution in [0.4, 0.5) is 0 Å². The van der Waals surface area contributed by atoms with Crippen molar-refractivity contribution in [1.82, 2.24) is 4.72 Å². The minimum absolute atomic E-state index is 0.0130. The Balaban J connectivity index is 3.26. The Hall–Kier alpha value is -1.31. The average molecular weight is 317 g/mol. The molecule has 120 valence electrons. The first-order valence-electron chi connectivity index (χ1n) is 6.89. The van der Waals surface area contributed by atoms with Gasteiger partial charge >= 0.3 is 0 Å². The van der Waals surface area contributed by atoms with Gasteiger partial charge in [0.15, 0.2) is 0 Å². The molecule has 1 atom stereocenters.